The van der Waals surface area contributed by atoms with E-state index in [1.807, 2.05) is 13.0 Å². The second-order valence-corrected chi connectivity index (χ2v) is 5.78. The van der Waals surface area contributed by atoms with E-state index in [0.717, 1.165) is 24.2 Å². The first kappa shape index (κ1) is 11.9. The highest BCUT2D eigenvalue weighted by Crippen LogP contribution is 2.27. The summed E-state index contributed by atoms with van der Waals surface area (Å²) in [6.45, 7) is 3.88. The summed E-state index contributed by atoms with van der Waals surface area (Å²) in [6, 6.07) is 6.78. The normalized spacial score (nSPS) is 19.5. The maximum Gasteiger partial charge on any atom is 0.120 e. The van der Waals surface area contributed by atoms with Gasteiger partial charge in [0.2, 0.25) is 0 Å². The topological polar surface area (TPSA) is 34.1 Å². The second-order valence-electron chi connectivity index (χ2n) is 4.67. The van der Waals surface area contributed by atoms with Crippen LogP contribution in [0.4, 0.5) is 0 Å². The zero-order chi connectivity index (χ0) is 12.4. The highest BCUT2D eigenvalue weighted by Gasteiger charge is 2.16. The predicted octanol–water partition coefficient (Wildman–Crippen LogP) is 2.99. The molecule has 1 unspecified atom stereocenters. The van der Waals surface area contributed by atoms with Crippen LogP contribution in [0.1, 0.15) is 24.8 Å². The van der Waals surface area contributed by atoms with E-state index in [4.69, 9.17) is 9.72 Å². The van der Waals surface area contributed by atoms with Crippen molar-refractivity contribution < 1.29 is 4.74 Å². The van der Waals surface area contributed by atoms with Gasteiger partial charge in [-0.05, 0) is 44.5 Å². The summed E-state index contributed by atoms with van der Waals surface area (Å²) < 4.78 is 6.75. The SMILES string of the molecule is CCOc1ccc2nc(CC3CCCN3)sc2c1. The first-order chi connectivity index (χ1) is 8.85. The molecule has 96 valence electrons. The van der Waals surface area contributed by atoms with E-state index >= 15 is 0 Å². The van der Waals surface area contributed by atoms with E-state index in [2.05, 4.69) is 17.4 Å². The molecule has 4 heteroatoms. The summed E-state index contributed by atoms with van der Waals surface area (Å²) in [5.74, 6) is 0.944. The number of nitrogens with zero attached hydrogens (tertiary/aromatic N) is 1. The van der Waals surface area contributed by atoms with Gasteiger partial charge in [-0.3, -0.25) is 0 Å². The van der Waals surface area contributed by atoms with Crippen molar-refractivity contribution in [3.8, 4) is 5.75 Å². The van der Waals surface area contributed by atoms with Gasteiger partial charge < -0.3 is 10.1 Å². The molecule has 3 nitrogen and oxygen atoms in total. The Hall–Kier alpha value is -1.13. The molecule has 18 heavy (non-hydrogen) atoms. The lowest BCUT2D eigenvalue weighted by Crippen LogP contribution is -2.23. The Morgan fingerprint density at radius 3 is 3.22 bits per heavy atom. The molecule has 0 aliphatic carbocycles. The second kappa shape index (κ2) is 5.24. The first-order valence-corrected chi connectivity index (χ1v) is 7.42. The average molecular weight is 262 g/mol. The molecule has 1 atom stereocenters. The highest BCUT2D eigenvalue weighted by molar-refractivity contribution is 7.18. The van der Waals surface area contributed by atoms with Crippen LogP contribution in [-0.4, -0.2) is 24.2 Å². The number of thiazole rings is 1. The van der Waals surface area contributed by atoms with E-state index in [-0.39, 0.29) is 0 Å². The predicted molar refractivity (Wildman–Crippen MR) is 75.5 cm³/mol. The Kier molecular flexibility index (Phi) is 3.48. The van der Waals surface area contributed by atoms with Gasteiger partial charge in [0.25, 0.3) is 0 Å². The fourth-order valence-electron chi connectivity index (χ4n) is 2.44. The molecule has 1 aromatic carbocycles. The van der Waals surface area contributed by atoms with Crippen LogP contribution in [-0.2, 0) is 6.42 Å². The van der Waals surface area contributed by atoms with Gasteiger partial charge in [0, 0.05) is 12.5 Å². The number of hydrogen-bond donors (Lipinski definition) is 1. The lowest BCUT2D eigenvalue weighted by Gasteiger charge is -2.05. The van der Waals surface area contributed by atoms with Crippen LogP contribution in [0.15, 0.2) is 18.2 Å². The van der Waals surface area contributed by atoms with Crippen molar-refractivity contribution in [1.82, 2.24) is 10.3 Å². The zero-order valence-electron chi connectivity index (χ0n) is 10.6. The van der Waals surface area contributed by atoms with Gasteiger partial charge in [-0.25, -0.2) is 4.98 Å². The summed E-state index contributed by atoms with van der Waals surface area (Å²) >= 11 is 1.79. The summed E-state index contributed by atoms with van der Waals surface area (Å²) in [6.07, 6.45) is 3.63. The van der Waals surface area contributed by atoms with Gasteiger partial charge in [0.1, 0.15) is 5.75 Å². The van der Waals surface area contributed by atoms with Crippen molar-refractivity contribution in [2.24, 2.45) is 0 Å². The van der Waals surface area contributed by atoms with Gasteiger partial charge in [0.05, 0.1) is 21.8 Å². The third-order valence-electron chi connectivity index (χ3n) is 3.30. The molecule has 0 radical (unpaired) electrons. The van der Waals surface area contributed by atoms with Crippen molar-refractivity contribution in [3.63, 3.8) is 0 Å². The number of benzene rings is 1. The lowest BCUT2D eigenvalue weighted by atomic mass is 10.2. The Morgan fingerprint density at radius 2 is 2.44 bits per heavy atom. The Labute approximate surface area is 111 Å². The molecular weight excluding hydrogens is 244 g/mol. The van der Waals surface area contributed by atoms with Crippen LogP contribution >= 0.6 is 11.3 Å². The van der Waals surface area contributed by atoms with Crippen molar-refractivity contribution in [2.75, 3.05) is 13.2 Å². The van der Waals surface area contributed by atoms with Crippen molar-refractivity contribution >= 4 is 21.6 Å². The minimum absolute atomic E-state index is 0.622. The largest absolute Gasteiger partial charge is 0.494 e. The van der Waals surface area contributed by atoms with Gasteiger partial charge in [-0.1, -0.05) is 0 Å². The standard InChI is InChI=1S/C14H18N2OS/c1-2-17-11-5-6-12-13(9-11)18-14(16-12)8-10-4-3-7-15-10/h5-6,9-10,15H,2-4,7-8H2,1H3. The Balaban J connectivity index is 1.81. The van der Waals surface area contributed by atoms with Crippen LogP contribution in [0, 0.1) is 0 Å². The summed E-state index contributed by atoms with van der Waals surface area (Å²) in [5, 5.41) is 4.76. The number of ether oxygens (including phenoxy) is 1. The average Bonchev–Trinajstić information content (AvgIpc) is 2.98. The molecule has 0 saturated carbocycles. The molecule has 1 aromatic heterocycles. The van der Waals surface area contributed by atoms with Crippen molar-refractivity contribution in [3.05, 3.63) is 23.2 Å². The molecule has 1 fully saturated rings. The highest BCUT2D eigenvalue weighted by atomic mass is 32.1. The molecule has 1 aliphatic rings. The monoisotopic (exact) mass is 262 g/mol. The molecule has 0 amide bonds. The third kappa shape index (κ3) is 2.49. The number of fused-ring (bicyclic) bond motifs is 1. The molecule has 0 spiro atoms. The van der Waals surface area contributed by atoms with Crippen LogP contribution in [0.5, 0.6) is 5.75 Å². The number of aromatic nitrogens is 1. The van der Waals surface area contributed by atoms with E-state index in [0.29, 0.717) is 12.6 Å². The Bertz CT molecular complexity index is 532. The van der Waals surface area contributed by atoms with Crippen LogP contribution in [0.25, 0.3) is 10.2 Å². The molecule has 1 N–H and O–H groups in total. The lowest BCUT2D eigenvalue weighted by molar-refractivity contribution is 0.341. The van der Waals surface area contributed by atoms with E-state index < -0.39 is 0 Å². The van der Waals surface area contributed by atoms with Crippen LogP contribution in [0.3, 0.4) is 0 Å². The smallest absolute Gasteiger partial charge is 0.120 e. The maximum atomic E-state index is 5.52. The van der Waals surface area contributed by atoms with Crippen LogP contribution < -0.4 is 10.1 Å². The molecule has 1 aliphatic heterocycles. The van der Waals surface area contributed by atoms with Crippen molar-refractivity contribution in [2.45, 2.75) is 32.2 Å². The summed E-state index contributed by atoms with van der Waals surface area (Å²) in [5.41, 5.74) is 1.09. The molecule has 3 rings (SSSR count). The fraction of sp³-hybridized carbons (Fsp3) is 0.500. The first-order valence-electron chi connectivity index (χ1n) is 6.61. The fourth-order valence-corrected chi connectivity index (χ4v) is 3.51. The minimum atomic E-state index is 0.622. The van der Waals surface area contributed by atoms with E-state index in [9.17, 15) is 0 Å². The molecule has 0 bridgehead atoms. The number of rotatable bonds is 4. The molecule has 2 aromatic rings. The number of hydrogen-bond acceptors (Lipinski definition) is 4. The quantitative estimate of drug-likeness (QED) is 0.919. The van der Waals surface area contributed by atoms with Gasteiger partial charge in [-0.2, -0.15) is 0 Å². The van der Waals surface area contributed by atoms with Gasteiger partial charge >= 0.3 is 0 Å². The third-order valence-corrected chi connectivity index (χ3v) is 4.34. The zero-order valence-corrected chi connectivity index (χ0v) is 11.4. The Morgan fingerprint density at radius 1 is 1.50 bits per heavy atom. The summed E-state index contributed by atoms with van der Waals surface area (Å²) in [7, 11) is 0. The molecular formula is C14H18N2OS. The van der Waals surface area contributed by atoms with E-state index in [1.54, 1.807) is 11.3 Å². The van der Waals surface area contributed by atoms with Crippen molar-refractivity contribution in [1.29, 1.82) is 0 Å². The molecule has 2 heterocycles. The van der Waals surface area contributed by atoms with E-state index in [1.165, 1.54) is 22.5 Å². The molecule has 1 saturated heterocycles. The minimum Gasteiger partial charge on any atom is -0.494 e. The van der Waals surface area contributed by atoms with Gasteiger partial charge in [-0.15, -0.1) is 11.3 Å². The van der Waals surface area contributed by atoms with Gasteiger partial charge in [0.15, 0.2) is 0 Å². The maximum absolute atomic E-state index is 5.52. The number of nitrogens with one attached hydrogen (secondary N) is 1. The van der Waals surface area contributed by atoms with Crippen LogP contribution in [0.2, 0.25) is 0 Å². The summed E-state index contributed by atoms with van der Waals surface area (Å²) in [4.78, 5) is 4.70.